The molecule has 0 aromatic heterocycles. The number of nitrogens with zero attached hydrogens (tertiary/aromatic N) is 1. The van der Waals surface area contributed by atoms with Gasteiger partial charge in [0, 0.05) is 0 Å². The van der Waals surface area contributed by atoms with E-state index in [0.29, 0.717) is 30.9 Å². The van der Waals surface area contributed by atoms with E-state index in [1.165, 1.54) is 0 Å². The lowest BCUT2D eigenvalue weighted by Crippen LogP contribution is -2.15. The lowest BCUT2D eigenvalue weighted by molar-refractivity contribution is 0.104. The summed E-state index contributed by atoms with van der Waals surface area (Å²) in [6.45, 7) is 4.13. The molecule has 0 radical (unpaired) electrons. The molecule has 0 heterocycles. The van der Waals surface area contributed by atoms with E-state index < -0.39 is 6.10 Å². The van der Waals surface area contributed by atoms with Gasteiger partial charge < -0.3 is 15.1 Å². The van der Waals surface area contributed by atoms with Crippen LogP contribution in [0.2, 0.25) is 0 Å². The molecule has 0 fully saturated rings. The van der Waals surface area contributed by atoms with Crippen molar-refractivity contribution in [1.82, 2.24) is 0 Å². The Morgan fingerprint density at radius 2 is 1.94 bits per heavy atom. The molecule has 94 valence electrons. The third kappa shape index (κ3) is 4.07. The number of oxime groups is 1. The maximum Gasteiger partial charge on any atom is 0.119 e. The molecule has 0 spiro atoms. The second-order valence-electron chi connectivity index (χ2n) is 3.80. The minimum absolute atomic E-state index is 0.296. The first-order valence-corrected chi connectivity index (χ1v) is 5.83. The van der Waals surface area contributed by atoms with Gasteiger partial charge in [-0.05, 0) is 42.7 Å². The molecule has 4 nitrogen and oxygen atoms in total. The van der Waals surface area contributed by atoms with E-state index in [1.54, 1.807) is 12.1 Å². The van der Waals surface area contributed by atoms with Crippen molar-refractivity contribution in [1.29, 1.82) is 0 Å². The van der Waals surface area contributed by atoms with Gasteiger partial charge in [-0.2, -0.15) is 0 Å². The predicted molar refractivity (Wildman–Crippen MR) is 66.8 cm³/mol. The smallest absolute Gasteiger partial charge is 0.119 e. The van der Waals surface area contributed by atoms with Crippen LogP contribution < -0.4 is 4.74 Å². The molecule has 4 heteroatoms. The number of ether oxygens (including phenoxy) is 1. The van der Waals surface area contributed by atoms with E-state index in [9.17, 15) is 5.11 Å². The van der Waals surface area contributed by atoms with Crippen molar-refractivity contribution in [3.8, 4) is 5.75 Å². The molecule has 1 aromatic carbocycles. The van der Waals surface area contributed by atoms with Crippen molar-refractivity contribution in [3.05, 3.63) is 29.8 Å². The van der Waals surface area contributed by atoms with Gasteiger partial charge in [-0.1, -0.05) is 19.0 Å². The highest BCUT2D eigenvalue weighted by Gasteiger charge is 2.04. The Morgan fingerprint density at radius 3 is 2.41 bits per heavy atom. The second kappa shape index (κ2) is 6.91. The summed E-state index contributed by atoms with van der Waals surface area (Å²) in [6.07, 6.45) is 0.917. The van der Waals surface area contributed by atoms with Crippen LogP contribution in [0.15, 0.2) is 29.4 Å². The van der Waals surface area contributed by atoms with Gasteiger partial charge in [0.15, 0.2) is 0 Å². The minimum Gasteiger partial charge on any atom is -0.491 e. The largest absolute Gasteiger partial charge is 0.491 e. The summed E-state index contributed by atoms with van der Waals surface area (Å²) in [5.74, 6) is 0.703. The highest BCUT2D eigenvalue weighted by atomic mass is 16.5. The SMILES string of the molecule is CC/C(=N\O)c1ccc(OCC(O)CC)cc1. The predicted octanol–water partition coefficient (Wildman–Crippen LogP) is 2.42. The van der Waals surface area contributed by atoms with Crippen LogP contribution in [0.1, 0.15) is 32.3 Å². The summed E-state index contributed by atoms with van der Waals surface area (Å²) < 4.78 is 5.41. The van der Waals surface area contributed by atoms with Gasteiger partial charge in [0.1, 0.15) is 12.4 Å². The average Bonchev–Trinajstić information content (AvgIpc) is 2.38. The van der Waals surface area contributed by atoms with Gasteiger partial charge in [-0.3, -0.25) is 0 Å². The van der Waals surface area contributed by atoms with Crippen LogP contribution in [0.5, 0.6) is 5.75 Å². The zero-order valence-corrected chi connectivity index (χ0v) is 10.3. The van der Waals surface area contributed by atoms with E-state index in [4.69, 9.17) is 9.94 Å². The molecule has 1 aromatic rings. The van der Waals surface area contributed by atoms with Crippen molar-refractivity contribution in [3.63, 3.8) is 0 Å². The molecule has 1 unspecified atom stereocenters. The van der Waals surface area contributed by atoms with E-state index in [1.807, 2.05) is 26.0 Å². The topological polar surface area (TPSA) is 62.1 Å². The van der Waals surface area contributed by atoms with Crippen molar-refractivity contribution in [2.45, 2.75) is 32.8 Å². The molecular weight excluding hydrogens is 218 g/mol. The monoisotopic (exact) mass is 237 g/mol. The average molecular weight is 237 g/mol. The highest BCUT2D eigenvalue weighted by molar-refractivity contribution is 6.00. The van der Waals surface area contributed by atoms with E-state index in [0.717, 1.165) is 5.56 Å². The molecule has 1 rings (SSSR count). The zero-order valence-electron chi connectivity index (χ0n) is 10.3. The van der Waals surface area contributed by atoms with Gasteiger partial charge in [-0.25, -0.2) is 0 Å². The molecule has 0 aliphatic carbocycles. The second-order valence-corrected chi connectivity index (χ2v) is 3.80. The van der Waals surface area contributed by atoms with Crippen LogP contribution in [0.4, 0.5) is 0 Å². The first-order valence-electron chi connectivity index (χ1n) is 5.83. The van der Waals surface area contributed by atoms with E-state index in [2.05, 4.69) is 5.16 Å². The number of hydrogen-bond donors (Lipinski definition) is 2. The molecule has 1 atom stereocenters. The molecule has 17 heavy (non-hydrogen) atoms. The molecule has 0 bridgehead atoms. The maximum absolute atomic E-state index is 9.36. The number of aliphatic hydroxyl groups excluding tert-OH is 1. The molecule has 0 aliphatic heterocycles. The summed E-state index contributed by atoms with van der Waals surface area (Å²) in [6, 6.07) is 7.29. The maximum atomic E-state index is 9.36. The Hall–Kier alpha value is -1.55. The van der Waals surface area contributed by atoms with Crippen molar-refractivity contribution in [2.24, 2.45) is 5.16 Å². The summed E-state index contributed by atoms with van der Waals surface area (Å²) in [5, 5.41) is 21.4. The molecular formula is C13H19NO3. The van der Waals surface area contributed by atoms with Gasteiger partial charge >= 0.3 is 0 Å². The first kappa shape index (κ1) is 13.5. The number of hydrogen-bond acceptors (Lipinski definition) is 4. The molecule has 0 amide bonds. The van der Waals surface area contributed by atoms with Crippen LogP contribution >= 0.6 is 0 Å². The summed E-state index contributed by atoms with van der Waals surface area (Å²) in [5.41, 5.74) is 1.52. The Labute approximate surface area is 102 Å². The molecule has 0 aliphatic rings. The van der Waals surface area contributed by atoms with Crippen LogP contribution in [0.3, 0.4) is 0 Å². The third-order valence-electron chi connectivity index (χ3n) is 2.56. The lowest BCUT2D eigenvalue weighted by atomic mass is 10.1. The standard InChI is InChI=1S/C13H19NO3/c1-3-11(15)9-17-12-7-5-10(6-8-12)13(4-2)14-16/h5-8,11,15-16H,3-4,9H2,1-2H3/b14-13+. The van der Waals surface area contributed by atoms with Crippen molar-refractivity contribution >= 4 is 5.71 Å². The van der Waals surface area contributed by atoms with Crippen LogP contribution in [0, 0.1) is 0 Å². The Kier molecular flexibility index (Phi) is 5.49. The Morgan fingerprint density at radius 1 is 1.29 bits per heavy atom. The van der Waals surface area contributed by atoms with Gasteiger partial charge in [0.05, 0.1) is 11.8 Å². The summed E-state index contributed by atoms with van der Waals surface area (Å²) in [4.78, 5) is 0. The van der Waals surface area contributed by atoms with Gasteiger partial charge in [0.25, 0.3) is 0 Å². The number of aliphatic hydroxyl groups is 1. The van der Waals surface area contributed by atoms with Crippen molar-refractivity contribution in [2.75, 3.05) is 6.61 Å². The molecule has 0 saturated heterocycles. The summed E-state index contributed by atoms with van der Waals surface area (Å²) in [7, 11) is 0. The van der Waals surface area contributed by atoms with Gasteiger partial charge in [0.2, 0.25) is 0 Å². The molecule has 2 N–H and O–H groups in total. The number of rotatable bonds is 6. The Balaban J connectivity index is 2.62. The van der Waals surface area contributed by atoms with Gasteiger partial charge in [-0.15, -0.1) is 0 Å². The fourth-order valence-corrected chi connectivity index (χ4v) is 1.39. The number of benzene rings is 1. The lowest BCUT2D eigenvalue weighted by Gasteiger charge is -2.10. The zero-order chi connectivity index (χ0) is 12.7. The van der Waals surface area contributed by atoms with Crippen LogP contribution in [-0.4, -0.2) is 28.7 Å². The van der Waals surface area contributed by atoms with E-state index >= 15 is 0 Å². The van der Waals surface area contributed by atoms with Crippen LogP contribution in [-0.2, 0) is 0 Å². The van der Waals surface area contributed by atoms with E-state index in [-0.39, 0.29) is 0 Å². The third-order valence-corrected chi connectivity index (χ3v) is 2.56. The van der Waals surface area contributed by atoms with Crippen LogP contribution in [0.25, 0.3) is 0 Å². The normalized spacial score (nSPS) is 13.5. The summed E-state index contributed by atoms with van der Waals surface area (Å²) >= 11 is 0. The Bertz CT molecular complexity index is 359. The molecule has 0 saturated carbocycles. The quantitative estimate of drug-likeness (QED) is 0.454. The fraction of sp³-hybridized carbons (Fsp3) is 0.462. The van der Waals surface area contributed by atoms with Crippen molar-refractivity contribution < 1.29 is 15.1 Å². The fourth-order valence-electron chi connectivity index (χ4n) is 1.39. The first-order chi connectivity index (χ1) is 8.21. The highest BCUT2D eigenvalue weighted by Crippen LogP contribution is 2.14. The minimum atomic E-state index is -0.431.